The SMILES string of the molecule is COc1ccc(OC)c([C@H]2c3[nH]c4ccccc4c3C[C@H]3C(=O)N([C@@H](C)CCc4ccccc4)CC(=O)N23)c1. The van der Waals surface area contributed by atoms with E-state index in [0.717, 1.165) is 40.6 Å². The number of aromatic nitrogens is 1. The molecule has 1 aromatic heterocycles. The number of aryl methyl sites for hydroxylation is 1. The Balaban J connectivity index is 1.41. The van der Waals surface area contributed by atoms with E-state index in [1.54, 1.807) is 24.0 Å². The van der Waals surface area contributed by atoms with Gasteiger partial charge >= 0.3 is 0 Å². The van der Waals surface area contributed by atoms with E-state index in [9.17, 15) is 9.59 Å². The minimum absolute atomic E-state index is 0.00189. The van der Waals surface area contributed by atoms with Crippen LogP contribution in [0.5, 0.6) is 11.5 Å². The molecule has 1 N–H and O–H groups in total. The second-order valence-electron chi connectivity index (χ2n) is 10.4. The lowest BCUT2D eigenvalue weighted by Gasteiger charge is -2.48. The van der Waals surface area contributed by atoms with Gasteiger partial charge in [0.1, 0.15) is 30.1 Å². The smallest absolute Gasteiger partial charge is 0.246 e. The Hall–Kier alpha value is -4.26. The van der Waals surface area contributed by atoms with Crippen molar-refractivity contribution in [2.24, 2.45) is 0 Å². The predicted molar refractivity (Wildman–Crippen MR) is 150 cm³/mol. The number of ether oxygens (including phenoxy) is 2. The highest BCUT2D eigenvalue weighted by Gasteiger charge is 2.49. The molecule has 2 aliphatic heterocycles. The summed E-state index contributed by atoms with van der Waals surface area (Å²) in [5, 5.41) is 1.08. The molecular weight excluding hydrogens is 490 g/mol. The number of para-hydroxylation sites is 1. The molecule has 200 valence electrons. The van der Waals surface area contributed by atoms with Gasteiger partial charge in [-0.05, 0) is 55.2 Å². The Morgan fingerprint density at radius 1 is 0.974 bits per heavy atom. The number of benzene rings is 3. The minimum atomic E-state index is -0.599. The molecule has 6 rings (SSSR count). The predicted octanol–water partition coefficient (Wildman–Crippen LogP) is 4.89. The summed E-state index contributed by atoms with van der Waals surface area (Å²) in [5.74, 6) is 1.24. The lowest BCUT2D eigenvalue weighted by atomic mass is 9.85. The molecule has 39 heavy (non-hydrogen) atoms. The van der Waals surface area contributed by atoms with Gasteiger partial charge in [-0.25, -0.2) is 0 Å². The average molecular weight is 524 g/mol. The van der Waals surface area contributed by atoms with Crippen LogP contribution in [0.1, 0.15) is 41.8 Å². The second-order valence-corrected chi connectivity index (χ2v) is 10.4. The number of carbonyl (C=O) groups is 2. The van der Waals surface area contributed by atoms with E-state index in [0.29, 0.717) is 17.9 Å². The van der Waals surface area contributed by atoms with Crippen LogP contribution in [0.15, 0.2) is 72.8 Å². The summed E-state index contributed by atoms with van der Waals surface area (Å²) in [5.41, 5.74) is 5.00. The number of amides is 2. The Labute approximate surface area is 228 Å². The minimum Gasteiger partial charge on any atom is -0.497 e. The Morgan fingerprint density at radius 3 is 2.51 bits per heavy atom. The first-order valence-electron chi connectivity index (χ1n) is 13.5. The number of nitrogens with zero attached hydrogens (tertiary/aromatic N) is 2. The van der Waals surface area contributed by atoms with E-state index in [1.807, 2.05) is 61.5 Å². The third-order valence-electron chi connectivity index (χ3n) is 8.25. The molecule has 0 spiro atoms. The van der Waals surface area contributed by atoms with Gasteiger partial charge in [0.05, 0.1) is 14.2 Å². The maximum atomic E-state index is 14.1. The van der Waals surface area contributed by atoms with Crippen LogP contribution < -0.4 is 9.47 Å². The van der Waals surface area contributed by atoms with Gasteiger partial charge in [0.25, 0.3) is 0 Å². The third-order valence-corrected chi connectivity index (χ3v) is 8.25. The lowest BCUT2D eigenvalue weighted by Crippen LogP contribution is -2.64. The fraction of sp³-hybridized carbons (Fsp3) is 0.312. The Kier molecular flexibility index (Phi) is 6.51. The molecule has 1 fully saturated rings. The van der Waals surface area contributed by atoms with Crippen LogP contribution in [-0.4, -0.2) is 59.4 Å². The molecule has 4 aromatic rings. The first kappa shape index (κ1) is 25.0. The van der Waals surface area contributed by atoms with E-state index >= 15 is 0 Å². The van der Waals surface area contributed by atoms with Crippen molar-refractivity contribution in [2.75, 3.05) is 20.8 Å². The molecule has 0 unspecified atom stereocenters. The summed E-state index contributed by atoms with van der Waals surface area (Å²) in [7, 11) is 3.24. The molecular formula is C32H33N3O4. The maximum Gasteiger partial charge on any atom is 0.246 e. The number of rotatable bonds is 7. The Morgan fingerprint density at radius 2 is 1.74 bits per heavy atom. The van der Waals surface area contributed by atoms with Crippen molar-refractivity contribution in [1.29, 1.82) is 0 Å². The molecule has 0 saturated carbocycles. The maximum absolute atomic E-state index is 14.1. The van der Waals surface area contributed by atoms with Crippen molar-refractivity contribution < 1.29 is 19.1 Å². The van der Waals surface area contributed by atoms with Gasteiger partial charge in [0.15, 0.2) is 0 Å². The zero-order valence-electron chi connectivity index (χ0n) is 22.5. The number of H-pyrrole nitrogens is 1. The van der Waals surface area contributed by atoms with E-state index in [4.69, 9.17) is 9.47 Å². The van der Waals surface area contributed by atoms with Gasteiger partial charge < -0.3 is 24.3 Å². The molecule has 3 aromatic carbocycles. The lowest BCUT2D eigenvalue weighted by molar-refractivity contribution is -0.160. The zero-order valence-corrected chi connectivity index (χ0v) is 22.5. The largest absolute Gasteiger partial charge is 0.497 e. The first-order valence-corrected chi connectivity index (χ1v) is 13.5. The number of hydrogen-bond donors (Lipinski definition) is 1. The molecule has 3 atom stereocenters. The standard InChI is InChI=1S/C32H33N3O4/c1-20(13-14-21-9-5-4-6-10-21)34-19-29(36)35-27(32(34)37)18-24-23-11-7-8-12-26(23)33-30(24)31(35)25-17-22(38-2)15-16-28(25)39-3/h4-12,15-17,20,27,31,33H,13-14,18-19H2,1-3H3/t20-,27-,31-/m0/s1. The van der Waals surface area contributed by atoms with Crippen LogP contribution >= 0.6 is 0 Å². The van der Waals surface area contributed by atoms with Crippen molar-refractivity contribution in [3.63, 3.8) is 0 Å². The fourth-order valence-electron chi connectivity index (χ4n) is 6.21. The summed E-state index contributed by atoms with van der Waals surface area (Å²) in [6.07, 6.45) is 2.11. The number of nitrogens with one attached hydrogen (secondary N) is 1. The summed E-state index contributed by atoms with van der Waals surface area (Å²) < 4.78 is 11.3. The van der Waals surface area contributed by atoms with Gasteiger partial charge in [-0.2, -0.15) is 0 Å². The molecule has 7 nitrogen and oxygen atoms in total. The molecule has 2 amide bonds. The van der Waals surface area contributed by atoms with Crippen molar-refractivity contribution in [2.45, 2.75) is 44.3 Å². The number of fused-ring (bicyclic) bond motifs is 4. The highest BCUT2D eigenvalue weighted by Crippen LogP contribution is 2.46. The van der Waals surface area contributed by atoms with Crippen LogP contribution in [0.3, 0.4) is 0 Å². The van der Waals surface area contributed by atoms with Gasteiger partial charge in [0, 0.05) is 34.6 Å². The van der Waals surface area contributed by atoms with Crippen molar-refractivity contribution in [1.82, 2.24) is 14.8 Å². The van der Waals surface area contributed by atoms with Crippen molar-refractivity contribution >= 4 is 22.7 Å². The van der Waals surface area contributed by atoms with Crippen LogP contribution in [0.25, 0.3) is 10.9 Å². The first-order chi connectivity index (χ1) is 19.0. The van der Waals surface area contributed by atoms with E-state index < -0.39 is 12.1 Å². The van der Waals surface area contributed by atoms with E-state index in [2.05, 4.69) is 23.2 Å². The van der Waals surface area contributed by atoms with Gasteiger partial charge in [-0.15, -0.1) is 0 Å². The van der Waals surface area contributed by atoms with Gasteiger partial charge in [0.2, 0.25) is 11.8 Å². The number of carbonyl (C=O) groups excluding carboxylic acids is 2. The van der Waals surface area contributed by atoms with Gasteiger partial charge in [-0.3, -0.25) is 9.59 Å². The molecule has 0 bridgehead atoms. The van der Waals surface area contributed by atoms with Crippen LogP contribution in [0.4, 0.5) is 0 Å². The van der Waals surface area contributed by atoms with Crippen molar-refractivity contribution in [3.8, 4) is 11.5 Å². The number of methoxy groups -OCH3 is 2. The molecule has 0 aliphatic carbocycles. The van der Waals surface area contributed by atoms with Crippen LogP contribution in [0.2, 0.25) is 0 Å². The van der Waals surface area contributed by atoms with Crippen LogP contribution in [-0.2, 0) is 22.4 Å². The topological polar surface area (TPSA) is 74.9 Å². The fourth-order valence-corrected chi connectivity index (χ4v) is 6.21. The quantitative estimate of drug-likeness (QED) is 0.374. The van der Waals surface area contributed by atoms with E-state index in [-0.39, 0.29) is 24.4 Å². The third kappa shape index (κ3) is 4.32. The summed E-state index contributed by atoms with van der Waals surface area (Å²) >= 11 is 0. The Bertz CT molecular complexity index is 1530. The molecule has 0 radical (unpaired) electrons. The summed E-state index contributed by atoms with van der Waals surface area (Å²) in [4.78, 5) is 35.3. The number of aromatic amines is 1. The zero-order chi connectivity index (χ0) is 27.1. The van der Waals surface area contributed by atoms with Crippen molar-refractivity contribution in [3.05, 3.63) is 95.2 Å². The second kappa shape index (κ2) is 10.1. The summed E-state index contributed by atoms with van der Waals surface area (Å²) in [6, 6.07) is 22.8. The van der Waals surface area contributed by atoms with Crippen LogP contribution in [0, 0.1) is 0 Å². The number of piperazine rings is 1. The highest BCUT2D eigenvalue weighted by molar-refractivity contribution is 5.98. The van der Waals surface area contributed by atoms with E-state index in [1.165, 1.54) is 5.56 Å². The summed E-state index contributed by atoms with van der Waals surface area (Å²) in [6.45, 7) is 2.11. The molecule has 2 aliphatic rings. The van der Waals surface area contributed by atoms with Gasteiger partial charge in [-0.1, -0.05) is 48.5 Å². The molecule has 7 heteroatoms. The monoisotopic (exact) mass is 523 g/mol. The molecule has 1 saturated heterocycles. The normalized spacial score (nSPS) is 19.6. The number of hydrogen-bond acceptors (Lipinski definition) is 4. The highest BCUT2D eigenvalue weighted by atomic mass is 16.5. The average Bonchev–Trinajstić information content (AvgIpc) is 3.35. The molecule has 3 heterocycles.